The van der Waals surface area contributed by atoms with Gasteiger partial charge in [0.15, 0.2) is 0 Å². The van der Waals surface area contributed by atoms with Gasteiger partial charge in [-0.1, -0.05) is 0 Å². The predicted octanol–water partition coefficient (Wildman–Crippen LogP) is -1.07. The number of carboxylic acids is 1. The van der Waals surface area contributed by atoms with Crippen LogP contribution < -0.4 is 10.9 Å². The Labute approximate surface area is 100 Å². The first-order valence-corrected chi connectivity index (χ1v) is 5.05. The molecule has 0 saturated carbocycles. The molecule has 4 N–H and O–H groups in total. The molecule has 2 rings (SSSR count). The van der Waals surface area contributed by atoms with E-state index < -0.39 is 35.3 Å². The highest BCUT2D eigenvalue weighted by atomic mass is 16.5. The van der Waals surface area contributed by atoms with E-state index in [1.54, 1.807) is 0 Å². The molecule has 18 heavy (non-hydrogen) atoms. The van der Waals surface area contributed by atoms with Crippen molar-refractivity contribution < 1.29 is 24.5 Å². The minimum Gasteiger partial charge on any atom is -0.506 e. The number of carbonyl (C=O) groups is 2. The number of pyridine rings is 1. The van der Waals surface area contributed by atoms with Crippen molar-refractivity contribution in [1.29, 1.82) is 0 Å². The van der Waals surface area contributed by atoms with Crippen LogP contribution >= 0.6 is 0 Å². The molecule has 8 nitrogen and oxygen atoms in total. The maximum Gasteiger partial charge on any atom is 0.322 e. The van der Waals surface area contributed by atoms with Crippen LogP contribution in [0.4, 0.5) is 0 Å². The highest BCUT2D eigenvalue weighted by Gasteiger charge is 2.25. The Balaban J connectivity index is 2.36. The number of ether oxygens (including phenoxy) is 1. The molecule has 1 aliphatic rings. The third-order valence-electron chi connectivity index (χ3n) is 2.50. The monoisotopic (exact) mass is 254 g/mol. The average molecular weight is 254 g/mol. The van der Waals surface area contributed by atoms with E-state index in [9.17, 15) is 19.5 Å². The summed E-state index contributed by atoms with van der Waals surface area (Å²) >= 11 is 0. The largest absolute Gasteiger partial charge is 0.506 e. The van der Waals surface area contributed by atoms with Gasteiger partial charge in [0.25, 0.3) is 11.5 Å². The summed E-state index contributed by atoms with van der Waals surface area (Å²) < 4.78 is 5.03. The number of rotatable bonds is 3. The maximum atomic E-state index is 11.6. The van der Waals surface area contributed by atoms with E-state index in [4.69, 9.17) is 9.84 Å². The molecular weight excluding hydrogens is 244 g/mol. The molecular formula is C10H10N2O6. The second-order valence-electron chi connectivity index (χ2n) is 3.70. The highest BCUT2D eigenvalue weighted by molar-refractivity contribution is 5.98. The van der Waals surface area contributed by atoms with Crippen LogP contribution in [-0.4, -0.2) is 33.6 Å². The summed E-state index contributed by atoms with van der Waals surface area (Å²) in [4.78, 5) is 35.9. The molecule has 1 aliphatic heterocycles. The summed E-state index contributed by atoms with van der Waals surface area (Å²) in [6.45, 7) is -0.377. The van der Waals surface area contributed by atoms with E-state index in [1.807, 2.05) is 5.32 Å². The Morgan fingerprint density at radius 2 is 2.11 bits per heavy atom. The number of hydrogen-bond acceptors (Lipinski definition) is 5. The van der Waals surface area contributed by atoms with Crippen molar-refractivity contribution in [2.45, 2.75) is 13.2 Å². The lowest BCUT2D eigenvalue weighted by atomic mass is 10.1. The van der Waals surface area contributed by atoms with Gasteiger partial charge in [0, 0.05) is 5.56 Å². The number of carboxylic acid groups (broad SMARTS) is 1. The molecule has 0 spiro atoms. The topological polar surface area (TPSA) is 129 Å². The number of aromatic amines is 1. The van der Waals surface area contributed by atoms with Gasteiger partial charge in [-0.15, -0.1) is 0 Å². The van der Waals surface area contributed by atoms with Crippen LogP contribution in [0.1, 0.15) is 21.6 Å². The van der Waals surface area contributed by atoms with Gasteiger partial charge < -0.3 is 25.3 Å². The lowest BCUT2D eigenvalue weighted by Crippen LogP contribution is -2.33. The first-order chi connectivity index (χ1) is 8.50. The number of nitrogens with one attached hydrogen (secondary N) is 2. The minimum atomic E-state index is -1.25. The summed E-state index contributed by atoms with van der Waals surface area (Å²) in [7, 11) is 0. The van der Waals surface area contributed by atoms with Gasteiger partial charge in [-0.2, -0.15) is 0 Å². The van der Waals surface area contributed by atoms with Crippen LogP contribution in [-0.2, 0) is 22.7 Å². The Morgan fingerprint density at radius 3 is 2.78 bits per heavy atom. The van der Waals surface area contributed by atoms with Crippen molar-refractivity contribution in [3.05, 3.63) is 27.2 Å². The molecule has 1 aromatic rings. The molecule has 0 atom stereocenters. The van der Waals surface area contributed by atoms with Gasteiger partial charge in [-0.3, -0.25) is 14.4 Å². The van der Waals surface area contributed by atoms with Gasteiger partial charge in [-0.05, 0) is 0 Å². The molecule has 0 fully saturated rings. The number of aromatic nitrogens is 1. The molecule has 1 aromatic heterocycles. The number of H-pyrrole nitrogens is 1. The van der Waals surface area contributed by atoms with Crippen LogP contribution in [0.25, 0.3) is 0 Å². The van der Waals surface area contributed by atoms with Crippen molar-refractivity contribution >= 4 is 11.9 Å². The van der Waals surface area contributed by atoms with E-state index in [-0.39, 0.29) is 13.2 Å². The summed E-state index contributed by atoms with van der Waals surface area (Å²) in [6.07, 6.45) is 0. The van der Waals surface area contributed by atoms with Gasteiger partial charge >= 0.3 is 5.97 Å². The van der Waals surface area contributed by atoms with Crippen molar-refractivity contribution in [2.24, 2.45) is 0 Å². The Morgan fingerprint density at radius 1 is 1.39 bits per heavy atom. The number of aromatic hydroxyl groups is 1. The molecule has 8 heteroatoms. The summed E-state index contributed by atoms with van der Waals surface area (Å²) in [5.41, 5.74) is -0.512. The maximum absolute atomic E-state index is 11.6. The predicted molar refractivity (Wildman–Crippen MR) is 57.2 cm³/mol. The first-order valence-electron chi connectivity index (χ1n) is 5.05. The fourth-order valence-electron chi connectivity index (χ4n) is 1.67. The molecule has 1 amide bonds. The van der Waals surface area contributed by atoms with E-state index in [0.29, 0.717) is 11.3 Å². The summed E-state index contributed by atoms with van der Waals surface area (Å²) in [6, 6.07) is 0. The van der Waals surface area contributed by atoms with Gasteiger partial charge in [-0.25, -0.2) is 0 Å². The van der Waals surface area contributed by atoms with Crippen molar-refractivity contribution in [2.75, 3.05) is 6.54 Å². The molecule has 0 aliphatic carbocycles. The van der Waals surface area contributed by atoms with Crippen LogP contribution in [0.2, 0.25) is 0 Å². The quantitative estimate of drug-likeness (QED) is 0.543. The number of hydrogen-bond donors (Lipinski definition) is 4. The smallest absolute Gasteiger partial charge is 0.322 e. The van der Waals surface area contributed by atoms with E-state index >= 15 is 0 Å². The Bertz CT molecular complexity index is 576. The fraction of sp³-hybridized carbons (Fsp3) is 0.300. The SMILES string of the molecule is O=C(O)CNC(=O)c1c(O)c2c([nH]c1=O)COC2. The molecule has 0 aromatic carbocycles. The number of aliphatic carboxylic acids is 1. The van der Waals surface area contributed by atoms with Crippen LogP contribution in [0.5, 0.6) is 5.75 Å². The lowest BCUT2D eigenvalue weighted by Gasteiger charge is -2.07. The minimum absolute atomic E-state index is 0.0944. The fourth-order valence-corrected chi connectivity index (χ4v) is 1.67. The standard InChI is InChI=1S/C10H10N2O6/c13-6(14)1-11-9(16)7-8(15)4-2-18-3-5(4)12-10(7)17/h1-3H2,(H,11,16)(H,13,14)(H2,12,15,17). The second-order valence-corrected chi connectivity index (χ2v) is 3.70. The van der Waals surface area contributed by atoms with Crippen LogP contribution in [0, 0.1) is 0 Å². The van der Waals surface area contributed by atoms with Crippen molar-refractivity contribution in [3.63, 3.8) is 0 Å². The normalized spacial score (nSPS) is 13.1. The molecule has 96 valence electrons. The number of amides is 1. The van der Waals surface area contributed by atoms with Crippen LogP contribution in [0.15, 0.2) is 4.79 Å². The Hall–Kier alpha value is -2.35. The summed E-state index contributed by atoms with van der Waals surface area (Å²) in [5, 5.41) is 20.2. The molecule has 0 unspecified atom stereocenters. The zero-order valence-electron chi connectivity index (χ0n) is 9.15. The van der Waals surface area contributed by atoms with Crippen molar-refractivity contribution in [3.8, 4) is 5.75 Å². The number of carbonyl (C=O) groups excluding carboxylic acids is 1. The van der Waals surface area contributed by atoms with E-state index in [2.05, 4.69) is 4.98 Å². The van der Waals surface area contributed by atoms with Crippen molar-refractivity contribution in [1.82, 2.24) is 10.3 Å². The zero-order chi connectivity index (χ0) is 13.3. The van der Waals surface area contributed by atoms with E-state index in [0.717, 1.165) is 0 Å². The zero-order valence-corrected chi connectivity index (χ0v) is 9.15. The summed E-state index contributed by atoms with van der Waals surface area (Å²) in [5.74, 6) is -2.65. The third kappa shape index (κ3) is 2.05. The van der Waals surface area contributed by atoms with Gasteiger partial charge in [0.1, 0.15) is 17.9 Å². The van der Waals surface area contributed by atoms with Gasteiger partial charge in [0.05, 0.1) is 18.9 Å². The Kier molecular flexibility index (Phi) is 3.02. The van der Waals surface area contributed by atoms with Crippen LogP contribution in [0.3, 0.4) is 0 Å². The third-order valence-corrected chi connectivity index (χ3v) is 2.50. The molecule has 2 heterocycles. The highest BCUT2D eigenvalue weighted by Crippen LogP contribution is 2.27. The average Bonchev–Trinajstić information content (AvgIpc) is 2.74. The lowest BCUT2D eigenvalue weighted by molar-refractivity contribution is -0.135. The molecule has 0 radical (unpaired) electrons. The first kappa shape index (κ1) is 12.1. The molecule has 0 saturated heterocycles. The molecule has 0 bridgehead atoms. The second kappa shape index (κ2) is 4.49. The van der Waals surface area contributed by atoms with Gasteiger partial charge in [0.2, 0.25) is 0 Å². The van der Waals surface area contributed by atoms with E-state index in [1.165, 1.54) is 0 Å². The number of fused-ring (bicyclic) bond motifs is 1.